The van der Waals surface area contributed by atoms with Crippen molar-refractivity contribution in [2.75, 3.05) is 6.54 Å². The van der Waals surface area contributed by atoms with E-state index in [-0.39, 0.29) is 18.5 Å². The average molecular weight is 378 g/mol. The van der Waals surface area contributed by atoms with Gasteiger partial charge >= 0.3 is 0 Å². The molecule has 1 unspecified atom stereocenters. The predicted octanol–water partition coefficient (Wildman–Crippen LogP) is 3.13. The van der Waals surface area contributed by atoms with E-state index in [4.69, 9.17) is 0 Å². The molecule has 2 aromatic heterocycles. The van der Waals surface area contributed by atoms with Crippen LogP contribution in [0.5, 0.6) is 0 Å². The molecule has 0 bridgehead atoms. The van der Waals surface area contributed by atoms with E-state index in [0.29, 0.717) is 5.82 Å². The molecule has 4 rings (SSSR count). The first kappa shape index (κ1) is 18.4. The summed E-state index contributed by atoms with van der Waals surface area (Å²) in [5.41, 5.74) is 3.27. The summed E-state index contributed by atoms with van der Waals surface area (Å²) in [6.45, 7) is 2.92. The van der Waals surface area contributed by atoms with Gasteiger partial charge in [0.15, 0.2) is 0 Å². The van der Waals surface area contributed by atoms with E-state index in [9.17, 15) is 4.79 Å². The van der Waals surface area contributed by atoms with Crippen LogP contribution in [0.4, 0.5) is 0 Å². The molecule has 146 valence electrons. The maximum atomic E-state index is 13.1. The summed E-state index contributed by atoms with van der Waals surface area (Å²) in [7, 11) is 2.04. The van der Waals surface area contributed by atoms with Crippen molar-refractivity contribution >= 4 is 5.91 Å². The highest BCUT2D eigenvalue weighted by Gasteiger charge is 2.28. The molecule has 7 nitrogen and oxygen atoms in total. The molecule has 28 heavy (non-hydrogen) atoms. The predicted molar refractivity (Wildman–Crippen MR) is 106 cm³/mol. The molecule has 1 fully saturated rings. The Kier molecular flexibility index (Phi) is 5.23. The van der Waals surface area contributed by atoms with Crippen LogP contribution < -0.4 is 0 Å². The fourth-order valence-electron chi connectivity index (χ4n) is 3.88. The van der Waals surface area contributed by atoms with E-state index in [1.54, 1.807) is 0 Å². The first-order valence-corrected chi connectivity index (χ1v) is 9.87. The lowest BCUT2D eigenvalue weighted by Gasteiger charge is -2.30. The van der Waals surface area contributed by atoms with Crippen molar-refractivity contribution in [3.05, 3.63) is 53.9 Å². The van der Waals surface area contributed by atoms with Crippen molar-refractivity contribution in [1.29, 1.82) is 0 Å². The lowest BCUT2D eigenvalue weighted by molar-refractivity contribution is -0.134. The van der Waals surface area contributed by atoms with Gasteiger partial charge in [-0.1, -0.05) is 42.7 Å². The van der Waals surface area contributed by atoms with Gasteiger partial charge in [0.2, 0.25) is 11.7 Å². The number of benzene rings is 1. The third-order valence-electron chi connectivity index (χ3n) is 5.44. The zero-order chi connectivity index (χ0) is 19.5. The van der Waals surface area contributed by atoms with Gasteiger partial charge in [-0.05, 0) is 37.1 Å². The molecule has 1 aromatic carbocycles. The molecular weight excluding hydrogens is 352 g/mol. The van der Waals surface area contributed by atoms with E-state index in [1.807, 2.05) is 55.4 Å². The van der Waals surface area contributed by atoms with E-state index in [2.05, 4.69) is 26.0 Å². The number of hydrogen-bond acceptors (Lipinski definition) is 4. The summed E-state index contributed by atoms with van der Waals surface area (Å²) in [5.74, 6) is 0.587. The van der Waals surface area contributed by atoms with Crippen molar-refractivity contribution in [2.45, 2.75) is 45.2 Å². The van der Waals surface area contributed by atoms with Crippen molar-refractivity contribution in [3.8, 4) is 11.4 Å². The molecule has 0 saturated carbocycles. The Morgan fingerprint density at radius 1 is 1.14 bits per heavy atom. The summed E-state index contributed by atoms with van der Waals surface area (Å²) in [6, 6.07) is 12.2. The third-order valence-corrected chi connectivity index (χ3v) is 5.44. The molecule has 1 aliphatic rings. The highest BCUT2D eigenvalue weighted by Crippen LogP contribution is 2.30. The van der Waals surface area contributed by atoms with Gasteiger partial charge in [-0.25, -0.2) is 0 Å². The van der Waals surface area contributed by atoms with Crippen molar-refractivity contribution in [2.24, 2.45) is 7.05 Å². The number of nitrogens with zero attached hydrogens (tertiary/aromatic N) is 6. The summed E-state index contributed by atoms with van der Waals surface area (Å²) < 4.78 is 2.11. The number of aryl methyl sites for hydroxylation is 2. The normalized spacial score (nSPS) is 17.5. The van der Waals surface area contributed by atoms with Crippen LogP contribution in [0.15, 0.2) is 42.6 Å². The molecule has 0 radical (unpaired) electrons. The number of tetrazole rings is 1. The third kappa shape index (κ3) is 3.83. The molecule has 3 aromatic rings. The smallest absolute Gasteiger partial charge is 0.246 e. The van der Waals surface area contributed by atoms with Crippen molar-refractivity contribution in [3.63, 3.8) is 0 Å². The number of carbonyl (C=O) groups is 1. The Bertz CT molecular complexity index is 942. The Hall–Kier alpha value is -2.96. The Balaban J connectivity index is 1.51. The second-order valence-electron chi connectivity index (χ2n) is 7.51. The van der Waals surface area contributed by atoms with Gasteiger partial charge in [0.1, 0.15) is 6.54 Å². The molecule has 0 aliphatic carbocycles. The van der Waals surface area contributed by atoms with Crippen LogP contribution >= 0.6 is 0 Å². The van der Waals surface area contributed by atoms with Gasteiger partial charge in [-0.15, -0.1) is 10.2 Å². The fraction of sp³-hybridized carbons (Fsp3) is 0.429. The second kappa shape index (κ2) is 7.96. The van der Waals surface area contributed by atoms with Gasteiger partial charge in [-0.3, -0.25) is 4.79 Å². The zero-order valence-corrected chi connectivity index (χ0v) is 16.5. The van der Waals surface area contributed by atoms with Crippen LogP contribution in [0.3, 0.4) is 0 Å². The van der Waals surface area contributed by atoms with Crippen LogP contribution in [-0.4, -0.2) is 42.1 Å². The summed E-state index contributed by atoms with van der Waals surface area (Å²) >= 11 is 0. The van der Waals surface area contributed by atoms with Gasteiger partial charge < -0.3 is 9.47 Å². The quantitative estimate of drug-likeness (QED) is 0.699. The number of likely N-dealkylation sites (tertiary alicyclic amines) is 1. The largest absolute Gasteiger partial charge is 0.353 e. The van der Waals surface area contributed by atoms with Crippen LogP contribution in [-0.2, 0) is 18.4 Å². The van der Waals surface area contributed by atoms with Gasteiger partial charge in [-0.2, -0.15) is 4.80 Å². The first-order chi connectivity index (χ1) is 13.6. The monoisotopic (exact) mass is 378 g/mol. The van der Waals surface area contributed by atoms with Crippen LogP contribution in [0.25, 0.3) is 11.4 Å². The fourth-order valence-corrected chi connectivity index (χ4v) is 3.88. The minimum absolute atomic E-state index is 0.0426. The van der Waals surface area contributed by atoms with Gasteiger partial charge in [0.25, 0.3) is 0 Å². The number of rotatable bonds is 4. The van der Waals surface area contributed by atoms with E-state index in [0.717, 1.165) is 37.8 Å². The number of aromatic nitrogens is 5. The lowest BCUT2D eigenvalue weighted by atomic mass is 10.1. The number of amides is 1. The van der Waals surface area contributed by atoms with Crippen LogP contribution in [0.1, 0.15) is 43.0 Å². The van der Waals surface area contributed by atoms with E-state index >= 15 is 0 Å². The highest BCUT2D eigenvalue weighted by molar-refractivity contribution is 5.76. The molecule has 0 spiro atoms. The van der Waals surface area contributed by atoms with Crippen LogP contribution in [0.2, 0.25) is 0 Å². The topological polar surface area (TPSA) is 68.8 Å². The van der Waals surface area contributed by atoms with E-state index in [1.165, 1.54) is 16.1 Å². The molecule has 1 amide bonds. The van der Waals surface area contributed by atoms with Gasteiger partial charge in [0.05, 0.1) is 6.04 Å². The zero-order valence-electron chi connectivity index (χ0n) is 16.5. The average Bonchev–Trinajstić information content (AvgIpc) is 3.25. The minimum atomic E-state index is 0.0426. The molecule has 1 saturated heterocycles. The first-order valence-electron chi connectivity index (χ1n) is 9.87. The summed E-state index contributed by atoms with van der Waals surface area (Å²) in [6.07, 6.45) is 6.35. The summed E-state index contributed by atoms with van der Waals surface area (Å²) in [4.78, 5) is 16.5. The molecule has 1 aliphatic heterocycles. The Labute approximate surface area is 165 Å². The molecule has 0 N–H and O–H groups in total. The highest BCUT2D eigenvalue weighted by atomic mass is 16.2. The number of carbonyl (C=O) groups excluding carboxylic acids is 1. The lowest BCUT2D eigenvalue weighted by Crippen LogP contribution is -2.38. The number of hydrogen-bond donors (Lipinski definition) is 0. The molecule has 1 atom stereocenters. The van der Waals surface area contributed by atoms with Crippen LogP contribution in [0, 0.1) is 6.92 Å². The van der Waals surface area contributed by atoms with Gasteiger partial charge in [0, 0.05) is 31.0 Å². The Morgan fingerprint density at radius 2 is 1.96 bits per heavy atom. The standard InChI is InChI=1S/C21H26N6O/c1-16-9-11-17(12-10-16)21-22-24-27(23-21)15-20(28)26-14-5-3-4-7-19(26)18-8-6-13-25(18)2/h6,8-13,19H,3-5,7,14-15H2,1-2H3. The Morgan fingerprint density at radius 3 is 2.71 bits per heavy atom. The summed E-state index contributed by atoms with van der Waals surface area (Å²) in [5, 5.41) is 12.6. The molecular formula is C21H26N6O. The van der Waals surface area contributed by atoms with Crippen molar-refractivity contribution < 1.29 is 4.79 Å². The minimum Gasteiger partial charge on any atom is -0.353 e. The van der Waals surface area contributed by atoms with E-state index < -0.39 is 0 Å². The maximum Gasteiger partial charge on any atom is 0.246 e. The second-order valence-corrected chi connectivity index (χ2v) is 7.51. The maximum absolute atomic E-state index is 13.1. The SMILES string of the molecule is Cc1ccc(-c2nnn(CC(=O)N3CCCCCC3c3cccn3C)n2)cc1. The van der Waals surface area contributed by atoms with Crippen molar-refractivity contribution in [1.82, 2.24) is 29.7 Å². The molecule has 3 heterocycles. The molecule has 7 heteroatoms.